The van der Waals surface area contributed by atoms with Crippen LogP contribution in [-0.4, -0.2) is 0 Å². The molecule has 0 bridgehead atoms. The van der Waals surface area contributed by atoms with Crippen LogP contribution in [0.15, 0.2) is 146 Å². The Morgan fingerprint density at radius 3 is 0.878 bits per heavy atom. The van der Waals surface area contributed by atoms with Gasteiger partial charge in [0.05, 0.1) is 0 Å². The van der Waals surface area contributed by atoms with Gasteiger partial charge in [0.2, 0.25) is 0 Å². The molecule has 3 aliphatic rings. The third kappa shape index (κ3) is 5.87. The first kappa shape index (κ1) is 29.5. The van der Waals surface area contributed by atoms with Crippen molar-refractivity contribution in [2.75, 3.05) is 4.90 Å². The van der Waals surface area contributed by atoms with Crippen LogP contribution in [0.4, 0.5) is 17.1 Å². The number of hydrogen-bond donors (Lipinski definition) is 0. The van der Waals surface area contributed by atoms with Gasteiger partial charge in [-0.1, -0.05) is 127 Å². The molecule has 0 fully saturated rings. The highest BCUT2D eigenvalue weighted by Crippen LogP contribution is 2.39. The molecule has 9 rings (SSSR count). The fourth-order valence-electron chi connectivity index (χ4n) is 7.90. The summed E-state index contributed by atoms with van der Waals surface area (Å²) in [6.45, 7) is 0. The van der Waals surface area contributed by atoms with E-state index in [9.17, 15) is 0 Å². The van der Waals surface area contributed by atoms with E-state index < -0.39 is 0 Å². The van der Waals surface area contributed by atoms with E-state index in [1.165, 1.54) is 66.8 Å². The number of anilines is 3. The lowest BCUT2D eigenvalue weighted by atomic mass is 9.88. The summed E-state index contributed by atoms with van der Waals surface area (Å²) in [4.78, 5) is 2.40. The molecule has 0 unspecified atom stereocenters. The van der Waals surface area contributed by atoms with Crippen molar-refractivity contribution in [3.05, 3.63) is 196 Å². The smallest absolute Gasteiger partial charge is 0.0462 e. The average molecular weight is 630 g/mol. The largest absolute Gasteiger partial charge is 0.311 e. The van der Waals surface area contributed by atoms with Crippen molar-refractivity contribution in [3.63, 3.8) is 0 Å². The maximum Gasteiger partial charge on any atom is 0.0462 e. The van der Waals surface area contributed by atoms with Crippen LogP contribution in [0.3, 0.4) is 0 Å². The third-order valence-electron chi connectivity index (χ3n) is 10.6. The molecule has 0 aromatic heterocycles. The van der Waals surface area contributed by atoms with E-state index in [0.717, 1.165) is 55.6 Å². The SMILES string of the molecule is C1=C(c2ccc(N(c3ccc(C4=Cc5ccccc5CC4)cc3)c3ccc(C4=Cc5ccccc5CC4)cc3)cc2)CCc2ccccc21. The Balaban J connectivity index is 1.06. The lowest BCUT2D eigenvalue weighted by molar-refractivity contribution is 1.00. The quantitative estimate of drug-likeness (QED) is 0.177. The van der Waals surface area contributed by atoms with Gasteiger partial charge in [-0.25, -0.2) is 0 Å². The van der Waals surface area contributed by atoms with Gasteiger partial charge >= 0.3 is 0 Å². The van der Waals surface area contributed by atoms with Gasteiger partial charge in [-0.15, -0.1) is 0 Å². The van der Waals surface area contributed by atoms with Gasteiger partial charge in [-0.05, 0) is 142 Å². The molecule has 236 valence electrons. The number of benzene rings is 6. The molecule has 0 atom stereocenters. The highest BCUT2D eigenvalue weighted by molar-refractivity contribution is 5.89. The Labute approximate surface area is 290 Å². The number of nitrogens with zero attached hydrogens (tertiary/aromatic N) is 1. The fraction of sp³-hybridized carbons (Fsp3) is 0.125. The molecular formula is C48H39N. The summed E-state index contributed by atoms with van der Waals surface area (Å²) in [5.41, 5.74) is 20.0. The Bertz CT molecular complexity index is 1990. The number of aryl methyl sites for hydroxylation is 3. The predicted molar refractivity (Wildman–Crippen MR) is 209 cm³/mol. The predicted octanol–water partition coefficient (Wildman–Crippen LogP) is 12.6. The van der Waals surface area contributed by atoms with Gasteiger partial charge in [-0.2, -0.15) is 0 Å². The van der Waals surface area contributed by atoms with Gasteiger partial charge in [0.15, 0.2) is 0 Å². The van der Waals surface area contributed by atoms with E-state index in [1.807, 2.05) is 0 Å². The Kier molecular flexibility index (Phi) is 7.67. The number of fused-ring (bicyclic) bond motifs is 3. The Morgan fingerprint density at radius 1 is 0.286 bits per heavy atom. The van der Waals surface area contributed by atoms with E-state index in [-0.39, 0.29) is 0 Å². The molecule has 6 aromatic rings. The second kappa shape index (κ2) is 12.7. The lowest BCUT2D eigenvalue weighted by Crippen LogP contribution is -2.10. The maximum atomic E-state index is 2.40. The molecule has 0 heterocycles. The van der Waals surface area contributed by atoms with Crippen LogP contribution < -0.4 is 4.90 Å². The Hall–Kier alpha value is -5.66. The zero-order valence-electron chi connectivity index (χ0n) is 27.8. The summed E-state index contributed by atoms with van der Waals surface area (Å²) in [5, 5.41) is 0. The first-order valence-corrected chi connectivity index (χ1v) is 17.7. The molecule has 0 saturated heterocycles. The summed E-state index contributed by atoms with van der Waals surface area (Å²) in [6, 6.07) is 53.9. The minimum atomic E-state index is 1.07. The zero-order chi connectivity index (χ0) is 32.6. The molecule has 0 amide bonds. The second-order valence-electron chi connectivity index (χ2n) is 13.6. The molecule has 1 heteroatoms. The van der Waals surface area contributed by atoms with Crippen molar-refractivity contribution in [1.82, 2.24) is 0 Å². The monoisotopic (exact) mass is 629 g/mol. The van der Waals surface area contributed by atoms with Crippen molar-refractivity contribution in [2.24, 2.45) is 0 Å². The molecule has 0 aliphatic heterocycles. The summed E-state index contributed by atoms with van der Waals surface area (Å²) in [5.74, 6) is 0. The van der Waals surface area contributed by atoms with E-state index in [0.29, 0.717) is 0 Å². The molecule has 1 nitrogen and oxygen atoms in total. The van der Waals surface area contributed by atoms with Crippen LogP contribution >= 0.6 is 0 Å². The van der Waals surface area contributed by atoms with Crippen LogP contribution in [-0.2, 0) is 19.3 Å². The topological polar surface area (TPSA) is 3.24 Å². The average Bonchev–Trinajstić information content (AvgIpc) is 3.18. The van der Waals surface area contributed by atoms with Crippen molar-refractivity contribution >= 4 is 52.0 Å². The van der Waals surface area contributed by atoms with Crippen LogP contribution in [0.25, 0.3) is 34.9 Å². The van der Waals surface area contributed by atoms with Gasteiger partial charge in [0, 0.05) is 17.1 Å². The number of allylic oxidation sites excluding steroid dienone is 3. The van der Waals surface area contributed by atoms with Crippen molar-refractivity contribution in [2.45, 2.75) is 38.5 Å². The molecular weight excluding hydrogens is 591 g/mol. The van der Waals surface area contributed by atoms with Gasteiger partial charge in [0.25, 0.3) is 0 Å². The standard InChI is InChI=1S/C48H39N/c1-4-10-40-31-43(16-13-34(40)7-1)37-19-25-46(26-20-37)49(47-27-21-38(22-28-47)44-17-14-35-8-2-5-11-41(35)32-44)48-29-23-39(24-30-48)45-18-15-36-9-3-6-12-42(36)33-45/h1-12,19-33H,13-18H2. The summed E-state index contributed by atoms with van der Waals surface area (Å²) < 4.78 is 0. The van der Waals surface area contributed by atoms with E-state index in [2.05, 4.69) is 169 Å². The van der Waals surface area contributed by atoms with Crippen molar-refractivity contribution in [1.29, 1.82) is 0 Å². The van der Waals surface area contributed by atoms with E-state index in [4.69, 9.17) is 0 Å². The molecule has 3 aliphatic carbocycles. The van der Waals surface area contributed by atoms with Crippen molar-refractivity contribution in [3.8, 4) is 0 Å². The first-order chi connectivity index (χ1) is 24.2. The maximum absolute atomic E-state index is 2.40. The molecule has 6 aromatic carbocycles. The first-order valence-electron chi connectivity index (χ1n) is 17.7. The summed E-state index contributed by atoms with van der Waals surface area (Å²) >= 11 is 0. The molecule has 49 heavy (non-hydrogen) atoms. The minimum Gasteiger partial charge on any atom is -0.311 e. The minimum absolute atomic E-state index is 1.07. The van der Waals surface area contributed by atoms with Crippen LogP contribution in [0, 0.1) is 0 Å². The summed E-state index contributed by atoms with van der Waals surface area (Å²) in [7, 11) is 0. The number of hydrogen-bond acceptors (Lipinski definition) is 1. The van der Waals surface area contributed by atoms with Gasteiger partial charge in [0.1, 0.15) is 0 Å². The third-order valence-corrected chi connectivity index (χ3v) is 10.6. The molecule has 0 N–H and O–H groups in total. The van der Waals surface area contributed by atoms with Crippen LogP contribution in [0.1, 0.15) is 69.3 Å². The molecule has 0 spiro atoms. The normalized spacial score (nSPS) is 14.8. The fourth-order valence-corrected chi connectivity index (χ4v) is 7.90. The van der Waals surface area contributed by atoms with Gasteiger partial charge in [-0.3, -0.25) is 0 Å². The Morgan fingerprint density at radius 2 is 0.571 bits per heavy atom. The highest BCUT2D eigenvalue weighted by atomic mass is 15.1. The lowest BCUT2D eigenvalue weighted by Gasteiger charge is -2.27. The van der Waals surface area contributed by atoms with E-state index >= 15 is 0 Å². The zero-order valence-corrected chi connectivity index (χ0v) is 27.8. The van der Waals surface area contributed by atoms with Crippen molar-refractivity contribution < 1.29 is 0 Å². The molecule has 0 saturated carbocycles. The highest BCUT2D eigenvalue weighted by Gasteiger charge is 2.18. The second-order valence-corrected chi connectivity index (χ2v) is 13.6. The summed E-state index contributed by atoms with van der Waals surface area (Å²) in [6.07, 6.45) is 13.6. The van der Waals surface area contributed by atoms with Crippen LogP contribution in [0.2, 0.25) is 0 Å². The van der Waals surface area contributed by atoms with Gasteiger partial charge < -0.3 is 4.90 Å². The van der Waals surface area contributed by atoms with E-state index in [1.54, 1.807) is 0 Å². The molecule has 0 radical (unpaired) electrons. The number of rotatable bonds is 6. The van der Waals surface area contributed by atoms with Crippen LogP contribution in [0.5, 0.6) is 0 Å².